The Balaban J connectivity index is 4.15. The molecule has 0 radical (unpaired) electrons. The van der Waals surface area contributed by atoms with Crippen LogP contribution in [0.3, 0.4) is 0 Å². The molecule has 0 aromatic rings. The van der Waals surface area contributed by atoms with E-state index in [2.05, 4.69) is 34.6 Å². The molecule has 0 saturated heterocycles. The van der Waals surface area contributed by atoms with Crippen molar-refractivity contribution in [2.45, 2.75) is 265 Å². The van der Waals surface area contributed by atoms with Crippen LogP contribution in [-0.2, 0) is 28.6 Å². The molecule has 0 saturated carbocycles. The molecule has 2 atom stereocenters. The Hall–Kier alpha value is -1.59. The van der Waals surface area contributed by atoms with Gasteiger partial charge in [0.15, 0.2) is 6.10 Å². The standard InChI is InChI=1S/C48H92O6/c1-6-8-9-10-21-30-35-40-48(51)54-45(42-53-47(50)39-34-29-25-24-27-32-37-44(5)7-2)41-52-46(49)38-33-28-23-20-18-16-14-12-11-13-15-17-19-22-26-31-36-43(3)4/h43-45H,6-42H2,1-5H3/t44?,45-/m1/s1. The Morgan fingerprint density at radius 1 is 0.389 bits per heavy atom. The molecule has 0 fully saturated rings. The van der Waals surface area contributed by atoms with Gasteiger partial charge in [-0.05, 0) is 31.1 Å². The van der Waals surface area contributed by atoms with Crippen LogP contribution in [0.2, 0.25) is 0 Å². The Morgan fingerprint density at radius 3 is 1.06 bits per heavy atom. The molecule has 0 amide bonds. The highest BCUT2D eigenvalue weighted by molar-refractivity contribution is 5.71. The van der Waals surface area contributed by atoms with Gasteiger partial charge in [-0.2, -0.15) is 0 Å². The van der Waals surface area contributed by atoms with E-state index in [-0.39, 0.29) is 31.1 Å². The lowest BCUT2D eigenvalue weighted by Crippen LogP contribution is -2.30. The highest BCUT2D eigenvalue weighted by Gasteiger charge is 2.19. The molecule has 0 aliphatic rings. The monoisotopic (exact) mass is 765 g/mol. The van der Waals surface area contributed by atoms with E-state index in [4.69, 9.17) is 14.2 Å². The topological polar surface area (TPSA) is 78.9 Å². The summed E-state index contributed by atoms with van der Waals surface area (Å²) < 4.78 is 16.7. The molecule has 320 valence electrons. The van der Waals surface area contributed by atoms with Gasteiger partial charge in [-0.1, -0.05) is 221 Å². The Labute approximate surface area is 336 Å². The minimum absolute atomic E-state index is 0.0655. The van der Waals surface area contributed by atoms with Gasteiger partial charge in [-0.3, -0.25) is 14.4 Å². The maximum Gasteiger partial charge on any atom is 0.306 e. The van der Waals surface area contributed by atoms with Crippen LogP contribution >= 0.6 is 0 Å². The highest BCUT2D eigenvalue weighted by atomic mass is 16.6. The molecule has 0 aromatic carbocycles. The van der Waals surface area contributed by atoms with Crippen molar-refractivity contribution < 1.29 is 28.6 Å². The molecule has 0 N–H and O–H groups in total. The molecule has 0 aromatic heterocycles. The van der Waals surface area contributed by atoms with Gasteiger partial charge in [-0.25, -0.2) is 0 Å². The molecule has 54 heavy (non-hydrogen) atoms. The van der Waals surface area contributed by atoms with Crippen LogP contribution in [0.5, 0.6) is 0 Å². The zero-order chi connectivity index (χ0) is 39.7. The van der Waals surface area contributed by atoms with Gasteiger partial charge < -0.3 is 14.2 Å². The predicted molar refractivity (Wildman–Crippen MR) is 229 cm³/mol. The number of unbranched alkanes of at least 4 members (excludes halogenated alkanes) is 26. The van der Waals surface area contributed by atoms with Crippen LogP contribution in [0, 0.1) is 11.8 Å². The molecule has 6 nitrogen and oxygen atoms in total. The SMILES string of the molecule is CCCCCCCCCC(=O)O[C@H](COC(=O)CCCCCCCCCCCCCCCCCCC(C)C)COC(=O)CCCCCCCCC(C)CC. The second-order valence-electron chi connectivity index (χ2n) is 17.1. The first-order chi connectivity index (χ1) is 26.3. The van der Waals surface area contributed by atoms with Crippen LogP contribution in [-0.4, -0.2) is 37.2 Å². The first kappa shape index (κ1) is 52.4. The Kier molecular flexibility index (Phi) is 39.8. The van der Waals surface area contributed by atoms with Crippen LogP contribution in [0.4, 0.5) is 0 Å². The fourth-order valence-electron chi connectivity index (χ4n) is 7.07. The van der Waals surface area contributed by atoms with Crippen LogP contribution in [0.15, 0.2) is 0 Å². The third kappa shape index (κ3) is 40.1. The summed E-state index contributed by atoms with van der Waals surface area (Å²) >= 11 is 0. The van der Waals surface area contributed by atoms with E-state index < -0.39 is 6.10 Å². The van der Waals surface area contributed by atoms with E-state index in [0.29, 0.717) is 19.3 Å². The van der Waals surface area contributed by atoms with Gasteiger partial charge in [0.1, 0.15) is 13.2 Å². The van der Waals surface area contributed by atoms with E-state index in [1.54, 1.807) is 0 Å². The van der Waals surface area contributed by atoms with Crippen molar-refractivity contribution in [1.82, 2.24) is 0 Å². The second kappa shape index (κ2) is 41.1. The van der Waals surface area contributed by atoms with E-state index in [9.17, 15) is 14.4 Å². The van der Waals surface area contributed by atoms with Crippen LogP contribution in [0.25, 0.3) is 0 Å². The van der Waals surface area contributed by atoms with Crippen molar-refractivity contribution in [1.29, 1.82) is 0 Å². The third-order valence-corrected chi connectivity index (χ3v) is 11.1. The molecule has 0 bridgehead atoms. The number of carbonyl (C=O) groups excluding carboxylic acids is 3. The van der Waals surface area contributed by atoms with E-state index in [0.717, 1.165) is 69.6 Å². The van der Waals surface area contributed by atoms with Gasteiger partial charge in [0.05, 0.1) is 0 Å². The maximum atomic E-state index is 12.6. The smallest absolute Gasteiger partial charge is 0.306 e. The summed E-state index contributed by atoms with van der Waals surface area (Å²) in [5.41, 5.74) is 0. The number of hydrogen-bond donors (Lipinski definition) is 0. The minimum Gasteiger partial charge on any atom is -0.462 e. The lowest BCUT2D eigenvalue weighted by atomic mass is 10.00. The fourth-order valence-corrected chi connectivity index (χ4v) is 7.07. The van der Waals surface area contributed by atoms with Crippen molar-refractivity contribution in [2.24, 2.45) is 11.8 Å². The van der Waals surface area contributed by atoms with Crippen molar-refractivity contribution in [3.8, 4) is 0 Å². The number of esters is 3. The molecule has 0 heterocycles. The van der Waals surface area contributed by atoms with Crippen molar-refractivity contribution in [2.75, 3.05) is 13.2 Å². The lowest BCUT2D eigenvalue weighted by Gasteiger charge is -2.18. The largest absolute Gasteiger partial charge is 0.462 e. The molecule has 6 heteroatoms. The first-order valence-electron chi connectivity index (χ1n) is 23.8. The van der Waals surface area contributed by atoms with E-state index >= 15 is 0 Å². The van der Waals surface area contributed by atoms with Crippen molar-refractivity contribution >= 4 is 17.9 Å². The molecule has 0 spiro atoms. The second-order valence-corrected chi connectivity index (χ2v) is 17.1. The number of carbonyl (C=O) groups is 3. The molecule has 0 rings (SSSR count). The predicted octanol–water partition coefficient (Wildman–Crippen LogP) is 15.0. The molecule has 0 aliphatic carbocycles. The summed E-state index contributed by atoms with van der Waals surface area (Å²) in [5, 5.41) is 0. The quantitative estimate of drug-likeness (QED) is 0.0350. The summed E-state index contributed by atoms with van der Waals surface area (Å²) in [6, 6.07) is 0. The van der Waals surface area contributed by atoms with Gasteiger partial charge in [-0.15, -0.1) is 0 Å². The molecular weight excluding hydrogens is 673 g/mol. The van der Waals surface area contributed by atoms with Gasteiger partial charge >= 0.3 is 17.9 Å². The first-order valence-corrected chi connectivity index (χ1v) is 23.8. The van der Waals surface area contributed by atoms with Gasteiger partial charge in [0, 0.05) is 19.3 Å². The van der Waals surface area contributed by atoms with Gasteiger partial charge in [0.25, 0.3) is 0 Å². The van der Waals surface area contributed by atoms with E-state index in [1.807, 2.05) is 0 Å². The summed E-state index contributed by atoms with van der Waals surface area (Å²) in [7, 11) is 0. The van der Waals surface area contributed by atoms with Crippen LogP contribution < -0.4 is 0 Å². The highest BCUT2D eigenvalue weighted by Crippen LogP contribution is 2.17. The average Bonchev–Trinajstić information content (AvgIpc) is 3.15. The summed E-state index contributed by atoms with van der Waals surface area (Å²) in [6.07, 6.45) is 39.6. The molecule has 1 unspecified atom stereocenters. The zero-order valence-electron chi connectivity index (χ0n) is 36.8. The minimum atomic E-state index is -0.759. The number of hydrogen-bond acceptors (Lipinski definition) is 6. The Morgan fingerprint density at radius 2 is 0.704 bits per heavy atom. The molecular formula is C48H92O6. The number of ether oxygens (including phenoxy) is 3. The normalized spacial score (nSPS) is 12.6. The zero-order valence-corrected chi connectivity index (χ0v) is 36.8. The summed E-state index contributed by atoms with van der Waals surface area (Å²) in [5.74, 6) is 0.803. The van der Waals surface area contributed by atoms with Crippen molar-refractivity contribution in [3.05, 3.63) is 0 Å². The van der Waals surface area contributed by atoms with Gasteiger partial charge in [0.2, 0.25) is 0 Å². The fraction of sp³-hybridized carbons (Fsp3) is 0.938. The average molecular weight is 765 g/mol. The Bertz CT molecular complexity index is 826. The van der Waals surface area contributed by atoms with E-state index in [1.165, 1.54) is 148 Å². The lowest BCUT2D eigenvalue weighted by molar-refractivity contribution is -0.167. The maximum absolute atomic E-state index is 12.6. The van der Waals surface area contributed by atoms with Crippen LogP contribution in [0.1, 0.15) is 259 Å². The number of rotatable bonds is 42. The molecule has 0 aliphatic heterocycles. The third-order valence-electron chi connectivity index (χ3n) is 11.1. The summed E-state index contributed by atoms with van der Waals surface area (Å²) in [4.78, 5) is 37.6. The van der Waals surface area contributed by atoms with Crippen molar-refractivity contribution in [3.63, 3.8) is 0 Å². The summed E-state index contributed by atoms with van der Waals surface area (Å²) in [6.45, 7) is 11.3.